The zero-order chi connectivity index (χ0) is 24.7. The average Bonchev–Trinajstić information content (AvgIpc) is 3.38. The van der Waals surface area contributed by atoms with E-state index in [2.05, 4.69) is 38.2 Å². The number of benzene rings is 1. The SMILES string of the molecule is CCCCNc1ncc(C(=O)Nc2ccc(S(=O)(=O)N3CCOCC3)cc2)c(N[C@H]2CCNC2)n1. The maximum atomic E-state index is 13.1. The monoisotopic (exact) mass is 503 g/mol. The molecule has 12 heteroatoms. The first-order valence-electron chi connectivity index (χ1n) is 12.0. The van der Waals surface area contributed by atoms with E-state index >= 15 is 0 Å². The highest BCUT2D eigenvalue weighted by Crippen LogP contribution is 2.22. The van der Waals surface area contributed by atoms with Gasteiger partial charge in [-0.2, -0.15) is 9.29 Å². The zero-order valence-electron chi connectivity index (χ0n) is 19.9. The number of hydrogen-bond donors (Lipinski definition) is 4. The van der Waals surface area contributed by atoms with Crippen molar-refractivity contribution in [3.63, 3.8) is 0 Å². The van der Waals surface area contributed by atoms with Gasteiger partial charge in [-0.05, 0) is 43.7 Å². The second kappa shape index (κ2) is 11.8. The van der Waals surface area contributed by atoms with Crippen LogP contribution >= 0.6 is 0 Å². The molecule has 0 saturated carbocycles. The van der Waals surface area contributed by atoms with Crippen LogP contribution in [0.25, 0.3) is 0 Å². The molecule has 2 aliphatic rings. The normalized spacial score (nSPS) is 18.8. The first-order valence-corrected chi connectivity index (χ1v) is 13.5. The summed E-state index contributed by atoms with van der Waals surface area (Å²) in [7, 11) is -3.60. The fourth-order valence-corrected chi connectivity index (χ4v) is 5.34. The summed E-state index contributed by atoms with van der Waals surface area (Å²) in [5, 5.41) is 12.7. The molecule has 4 rings (SSSR count). The minimum Gasteiger partial charge on any atom is -0.379 e. The van der Waals surface area contributed by atoms with Crippen molar-refractivity contribution in [1.29, 1.82) is 0 Å². The standard InChI is InChI=1S/C23H33N7O4S/c1-2-3-9-25-23-26-16-20(21(29-23)27-18-8-10-24-15-18)22(31)28-17-4-6-19(7-5-17)35(32,33)30-11-13-34-14-12-30/h4-7,16,18,24H,2-3,8-15H2,1H3,(H,28,31)(H2,25,26,27,29)/t18-/m0/s1. The van der Waals surface area contributed by atoms with Crippen molar-refractivity contribution in [3.05, 3.63) is 36.0 Å². The molecule has 0 spiro atoms. The van der Waals surface area contributed by atoms with Crippen LogP contribution in [0.2, 0.25) is 0 Å². The first kappa shape index (κ1) is 25.3. The molecular weight excluding hydrogens is 470 g/mol. The number of hydrogen-bond acceptors (Lipinski definition) is 9. The van der Waals surface area contributed by atoms with E-state index in [1.165, 1.54) is 22.6 Å². The molecule has 11 nitrogen and oxygen atoms in total. The van der Waals surface area contributed by atoms with Crippen molar-refractivity contribution in [3.8, 4) is 0 Å². The predicted molar refractivity (Wildman–Crippen MR) is 134 cm³/mol. The zero-order valence-corrected chi connectivity index (χ0v) is 20.7. The van der Waals surface area contributed by atoms with Gasteiger partial charge in [0.25, 0.3) is 5.91 Å². The third-order valence-corrected chi connectivity index (χ3v) is 7.88. The summed E-state index contributed by atoms with van der Waals surface area (Å²) < 4.78 is 32.3. The van der Waals surface area contributed by atoms with E-state index in [0.717, 1.165) is 38.9 Å². The van der Waals surface area contributed by atoms with Crippen molar-refractivity contribution in [1.82, 2.24) is 19.6 Å². The fraction of sp³-hybridized carbons (Fsp3) is 0.522. The largest absolute Gasteiger partial charge is 0.379 e. The van der Waals surface area contributed by atoms with E-state index in [-0.39, 0.29) is 16.8 Å². The third-order valence-electron chi connectivity index (χ3n) is 5.97. The molecule has 35 heavy (non-hydrogen) atoms. The fourth-order valence-electron chi connectivity index (χ4n) is 3.94. The van der Waals surface area contributed by atoms with Crippen molar-refractivity contribution < 1.29 is 17.9 Å². The lowest BCUT2D eigenvalue weighted by atomic mass is 10.2. The van der Waals surface area contributed by atoms with Crippen LogP contribution in [0.5, 0.6) is 0 Å². The van der Waals surface area contributed by atoms with E-state index in [1.54, 1.807) is 12.1 Å². The maximum Gasteiger partial charge on any atom is 0.260 e. The minimum absolute atomic E-state index is 0.171. The average molecular weight is 504 g/mol. The van der Waals surface area contributed by atoms with Crippen LogP contribution in [0.3, 0.4) is 0 Å². The van der Waals surface area contributed by atoms with Crippen LogP contribution < -0.4 is 21.3 Å². The summed E-state index contributed by atoms with van der Waals surface area (Å²) in [5.74, 6) is 0.570. The van der Waals surface area contributed by atoms with Gasteiger partial charge in [0.2, 0.25) is 16.0 Å². The van der Waals surface area contributed by atoms with Crippen molar-refractivity contribution >= 4 is 33.4 Å². The molecule has 1 amide bonds. The Labute approximate surface area is 206 Å². The molecule has 4 N–H and O–H groups in total. The second-order valence-electron chi connectivity index (χ2n) is 8.57. The molecule has 0 aliphatic carbocycles. The number of amides is 1. The maximum absolute atomic E-state index is 13.1. The molecule has 3 heterocycles. The van der Waals surface area contributed by atoms with Gasteiger partial charge in [0.15, 0.2) is 0 Å². The van der Waals surface area contributed by atoms with Gasteiger partial charge >= 0.3 is 0 Å². The summed E-state index contributed by atoms with van der Waals surface area (Å²) in [4.78, 5) is 22.1. The molecule has 0 bridgehead atoms. The number of anilines is 3. The van der Waals surface area contributed by atoms with Gasteiger partial charge in [0.05, 0.1) is 18.1 Å². The minimum atomic E-state index is -3.60. The second-order valence-corrected chi connectivity index (χ2v) is 10.5. The summed E-state index contributed by atoms with van der Waals surface area (Å²) >= 11 is 0. The molecule has 0 unspecified atom stereocenters. The number of nitrogens with one attached hydrogen (secondary N) is 4. The highest BCUT2D eigenvalue weighted by molar-refractivity contribution is 7.89. The van der Waals surface area contributed by atoms with Crippen molar-refractivity contribution in [2.24, 2.45) is 0 Å². The van der Waals surface area contributed by atoms with Crippen LogP contribution in [0.1, 0.15) is 36.5 Å². The topological polar surface area (TPSA) is 138 Å². The number of ether oxygens (including phenoxy) is 1. The summed E-state index contributed by atoms with van der Waals surface area (Å²) in [5.41, 5.74) is 0.803. The van der Waals surface area contributed by atoms with Gasteiger partial charge < -0.3 is 26.0 Å². The van der Waals surface area contributed by atoms with Gasteiger partial charge in [-0.25, -0.2) is 13.4 Å². The van der Waals surface area contributed by atoms with Gasteiger partial charge in [-0.15, -0.1) is 0 Å². The quantitative estimate of drug-likeness (QED) is 0.357. The first-order chi connectivity index (χ1) is 17.0. The van der Waals surface area contributed by atoms with Crippen LogP contribution in [-0.4, -0.2) is 80.6 Å². The molecule has 2 saturated heterocycles. The van der Waals surface area contributed by atoms with Gasteiger partial charge in [0.1, 0.15) is 11.4 Å². The highest BCUT2D eigenvalue weighted by atomic mass is 32.2. The lowest BCUT2D eigenvalue weighted by Crippen LogP contribution is -2.40. The Balaban J connectivity index is 1.48. The number of sulfonamides is 1. The van der Waals surface area contributed by atoms with E-state index in [4.69, 9.17) is 4.74 Å². The highest BCUT2D eigenvalue weighted by Gasteiger charge is 2.26. The molecule has 1 aromatic heterocycles. The van der Waals surface area contributed by atoms with Crippen LogP contribution in [0, 0.1) is 0 Å². The number of nitrogens with zero attached hydrogens (tertiary/aromatic N) is 3. The van der Waals surface area contributed by atoms with Crippen molar-refractivity contribution in [2.45, 2.75) is 37.1 Å². The third kappa shape index (κ3) is 6.45. The van der Waals surface area contributed by atoms with Crippen LogP contribution in [-0.2, 0) is 14.8 Å². The Morgan fingerprint density at radius 3 is 2.69 bits per heavy atom. The van der Waals surface area contributed by atoms with Crippen LogP contribution in [0.15, 0.2) is 35.4 Å². The van der Waals surface area contributed by atoms with Gasteiger partial charge in [-0.1, -0.05) is 13.3 Å². The Kier molecular flexibility index (Phi) is 8.50. The predicted octanol–water partition coefficient (Wildman–Crippen LogP) is 1.74. The number of rotatable bonds is 10. The molecule has 1 aromatic carbocycles. The van der Waals surface area contributed by atoms with Crippen LogP contribution in [0.4, 0.5) is 17.5 Å². The van der Waals surface area contributed by atoms with Gasteiger partial charge in [-0.3, -0.25) is 4.79 Å². The summed E-state index contributed by atoms with van der Waals surface area (Å²) in [6.07, 6.45) is 4.50. The Hall–Kier alpha value is -2.80. The Morgan fingerprint density at radius 1 is 1.23 bits per heavy atom. The number of carbonyl (C=O) groups excluding carboxylic acids is 1. The van der Waals surface area contributed by atoms with Crippen molar-refractivity contribution in [2.75, 3.05) is 61.9 Å². The summed E-state index contributed by atoms with van der Waals surface area (Å²) in [6, 6.07) is 6.34. The lowest BCUT2D eigenvalue weighted by molar-refractivity contribution is 0.0730. The van der Waals surface area contributed by atoms with E-state index in [9.17, 15) is 13.2 Å². The molecule has 1 atom stereocenters. The number of carbonyl (C=O) groups is 1. The molecule has 2 aromatic rings. The number of unbranched alkanes of at least 4 members (excludes halogenated alkanes) is 1. The smallest absolute Gasteiger partial charge is 0.260 e. The Morgan fingerprint density at radius 2 is 2.00 bits per heavy atom. The van der Waals surface area contributed by atoms with E-state index in [0.29, 0.717) is 49.3 Å². The van der Waals surface area contributed by atoms with E-state index < -0.39 is 10.0 Å². The summed E-state index contributed by atoms with van der Waals surface area (Å²) in [6.45, 7) is 6.00. The molecular formula is C23H33N7O4S. The molecule has 2 aliphatic heterocycles. The Bertz CT molecular complexity index is 1100. The molecule has 2 fully saturated rings. The molecule has 190 valence electrons. The lowest BCUT2D eigenvalue weighted by Gasteiger charge is -2.26. The number of aromatic nitrogens is 2. The molecule has 0 radical (unpaired) electrons. The van der Waals surface area contributed by atoms with Gasteiger partial charge in [0, 0.05) is 44.1 Å². The van der Waals surface area contributed by atoms with E-state index in [1.807, 2.05) is 0 Å². The number of morpholine rings is 1.